The molecule has 1 aliphatic heterocycles. The van der Waals surface area contributed by atoms with E-state index in [0.717, 1.165) is 12.1 Å². The van der Waals surface area contributed by atoms with Crippen LogP contribution in [-0.4, -0.2) is 4.68 Å². The third-order valence-corrected chi connectivity index (χ3v) is 4.73. The lowest BCUT2D eigenvalue weighted by molar-refractivity contribution is -0.749. The van der Waals surface area contributed by atoms with Crippen molar-refractivity contribution in [3.05, 3.63) is 64.1 Å². The Bertz CT molecular complexity index is 955. The van der Waals surface area contributed by atoms with Gasteiger partial charge in [0.15, 0.2) is 12.2 Å². The smallest absolute Gasteiger partial charge is 0.204 e. The van der Waals surface area contributed by atoms with Gasteiger partial charge in [0.05, 0.1) is 17.5 Å². The van der Waals surface area contributed by atoms with E-state index in [1.165, 1.54) is 33.3 Å². The minimum absolute atomic E-state index is 0.693. The summed E-state index contributed by atoms with van der Waals surface area (Å²) in [6.45, 7) is 14.7. The van der Waals surface area contributed by atoms with Crippen molar-refractivity contribution in [2.75, 3.05) is 0 Å². The SMILES string of the molecule is [C-]#[N+]c1ccc2c[n+]3n(c2c1)-c1cc(C)c(C)c(C)c1C3. The zero-order valence-electron chi connectivity index (χ0n) is 12.4. The van der Waals surface area contributed by atoms with Crippen LogP contribution in [0.4, 0.5) is 5.69 Å². The van der Waals surface area contributed by atoms with Gasteiger partial charge in [-0.25, -0.2) is 4.85 Å². The van der Waals surface area contributed by atoms with E-state index in [4.69, 9.17) is 6.57 Å². The summed E-state index contributed by atoms with van der Waals surface area (Å²) in [5, 5.41) is 1.18. The fraction of sp³-hybridized carbons (Fsp3) is 0.222. The van der Waals surface area contributed by atoms with Crippen molar-refractivity contribution in [3.8, 4) is 5.69 Å². The molecule has 0 radical (unpaired) electrons. The third kappa shape index (κ3) is 1.50. The maximum absolute atomic E-state index is 7.22. The van der Waals surface area contributed by atoms with Crippen molar-refractivity contribution in [3.63, 3.8) is 0 Å². The Labute approximate surface area is 123 Å². The summed E-state index contributed by atoms with van der Waals surface area (Å²) in [6.07, 6.45) is 2.17. The van der Waals surface area contributed by atoms with E-state index in [1.54, 1.807) is 0 Å². The van der Waals surface area contributed by atoms with Crippen molar-refractivity contribution in [2.24, 2.45) is 0 Å². The minimum Gasteiger partial charge on any atom is -0.238 e. The van der Waals surface area contributed by atoms with Crippen molar-refractivity contribution < 1.29 is 4.68 Å². The molecule has 0 amide bonds. The van der Waals surface area contributed by atoms with Gasteiger partial charge in [0.2, 0.25) is 6.20 Å². The highest BCUT2D eigenvalue weighted by molar-refractivity contribution is 5.83. The summed E-state index contributed by atoms with van der Waals surface area (Å²) in [4.78, 5) is 3.56. The largest absolute Gasteiger partial charge is 0.238 e. The summed E-state index contributed by atoms with van der Waals surface area (Å²) in [5.74, 6) is 0. The summed E-state index contributed by atoms with van der Waals surface area (Å²) in [5.41, 5.74) is 8.55. The average molecular weight is 274 g/mol. The van der Waals surface area contributed by atoms with Crippen LogP contribution in [-0.2, 0) is 6.54 Å². The number of fused-ring (bicyclic) bond motifs is 5. The van der Waals surface area contributed by atoms with Crippen molar-refractivity contribution in [1.29, 1.82) is 0 Å². The predicted molar refractivity (Wildman–Crippen MR) is 83.0 cm³/mol. The van der Waals surface area contributed by atoms with E-state index < -0.39 is 0 Å². The van der Waals surface area contributed by atoms with Gasteiger partial charge in [-0.2, -0.15) is 0 Å². The van der Waals surface area contributed by atoms with E-state index >= 15 is 0 Å². The molecule has 1 aliphatic rings. The second-order valence-electron chi connectivity index (χ2n) is 5.83. The fourth-order valence-corrected chi connectivity index (χ4v) is 3.30. The zero-order valence-corrected chi connectivity index (χ0v) is 12.4. The van der Waals surface area contributed by atoms with Gasteiger partial charge < -0.3 is 0 Å². The first-order valence-electron chi connectivity index (χ1n) is 7.13. The Balaban J connectivity index is 2.09. The molecule has 0 saturated carbocycles. The Kier molecular flexibility index (Phi) is 2.29. The van der Waals surface area contributed by atoms with Gasteiger partial charge in [-0.05, 0) is 49.6 Å². The molecule has 3 nitrogen and oxygen atoms in total. The molecule has 0 saturated heterocycles. The molecular formula is C18H16N3+. The van der Waals surface area contributed by atoms with Crippen LogP contribution in [0.2, 0.25) is 0 Å². The molecule has 2 aromatic carbocycles. The molecule has 0 unspecified atom stereocenters. The molecule has 0 spiro atoms. The first-order valence-corrected chi connectivity index (χ1v) is 7.13. The first kappa shape index (κ1) is 12.2. The number of aromatic nitrogens is 2. The van der Waals surface area contributed by atoms with Gasteiger partial charge in [-0.15, -0.1) is 9.36 Å². The topological polar surface area (TPSA) is 13.2 Å². The molecule has 21 heavy (non-hydrogen) atoms. The highest BCUT2D eigenvalue weighted by atomic mass is 15.4. The molecule has 3 heteroatoms. The van der Waals surface area contributed by atoms with Crippen LogP contribution in [0.3, 0.4) is 0 Å². The number of nitrogens with zero attached hydrogens (tertiary/aromatic N) is 3. The second kappa shape index (κ2) is 3.95. The van der Waals surface area contributed by atoms with Crippen LogP contribution in [0.15, 0.2) is 30.5 Å². The maximum atomic E-state index is 7.22. The van der Waals surface area contributed by atoms with Crippen LogP contribution < -0.4 is 4.68 Å². The molecule has 4 rings (SSSR count). The molecule has 102 valence electrons. The van der Waals surface area contributed by atoms with E-state index in [1.807, 2.05) is 18.2 Å². The Morgan fingerprint density at radius 3 is 2.71 bits per heavy atom. The predicted octanol–water partition coefficient (Wildman–Crippen LogP) is 3.76. The number of hydrogen-bond acceptors (Lipinski definition) is 0. The molecule has 3 aromatic rings. The highest BCUT2D eigenvalue weighted by Gasteiger charge is 2.30. The average Bonchev–Trinajstić information content (AvgIpc) is 3.01. The Hall–Kier alpha value is -2.60. The standard InChI is InChI=1S/C18H16N3/c1-11-7-18-16(13(3)12(11)2)10-20-9-14-5-6-15(19-4)8-17(14)21(18)20/h5-9H,10H2,1-3H3/q+1. The molecule has 2 heterocycles. The zero-order chi connectivity index (χ0) is 14.7. The van der Waals surface area contributed by atoms with Crippen LogP contribution in [0.25, 0.3) is 21.4 Å². The molecule has 0 atom stereocenters. The minimum atomic E-state index is 0.693. The lowest BCUT2D eigenvalue weighted by Crippen LogP contribution is -2.36. The first-order chi connectivity index (χ1) is 10.1. The fourth-order valence-electron chi connectivity index (χ4n) is 3.30. The van der Waals surface area contributed by atoms with Crippen LogP contribution in [0.1, 0.15) is 22.3 Å². The van der Waals surface area contributed by atoms with Crippen molar-refractivity contribution in [1.82, 2.24) is 4.68 Å². The normalized spacial score (nSPS) is 12.3. The van der Waals surface area contributed by atoms with Gasteiger partial charge in [0, 0.05) is 0 Å². The second-order valence-corrected chi connectivity index (χ2v) is 5.83. The summed E-state index contributed by atoms with van der Waals surface area (Å²) >= 11 is 0. The third-order valence-electron chi connectivity index (χ3n) is 4.73. The Morgan fingerprint density at radius 2 is 1.95 bits per heavy atom. The maximum Gasteiger partial charge on any atom is 0.204 e. The lowest BCUT2D eigenvalue weighted by Gasteiger charge is -2.08. The van der Waals surface area contributed by atoms with Gasteiger partial charge in [-0.1, -0.05) is 12.1 Å². The summed E-state index contributed by atoms with van der Waals surface area (Å²) < 4.78 is 4.49. The Morgan fingerprint density at radius 1 is 1.14 bits per heavy atom. The van der Waals surface area contributed by atoms with Gasteiger partial charge in [-0.3, -0.25) is 0 Å². The molecular weight excluding hydrogens is 258 g/mol. The number of rotatable bonds is 0. The van der Waals surface area contributed by atoms with Crippen molar-refractivity contribution in [2.45, 2.75) is 27.3 Å². The van der Waals surface area contributed by atoms with E-state index in [0.29, 0.717) is 5.69 Å². The lowest BCUT2D eigenvalue weighted by atomic mass is 9.97. The van der Waals surface area contributed by atoms with E-state index in [-0.39, 0.29) is 0 Å². The van der Waals surface area contributed by atoms with Gasteiger partial charge >= 0.3 is 0 Å². The monoisotopic (exact) mass is 274 g/mol. The molecule has 0 N–H and O–H groups in total. The van der Waals surface area contributed by atoms with E-state index in [9.17, 15) is 0 Å². The quantitative estimate of drug-likeness (QED) is 0.342. The molecule has 0 bridgehead atoms. The summed E-state index contributed by atoms with van der Waals surface area (Å²) in [6, 6.07) is 8.18. The van der Waals surface area contributed by atoms with Crippen LogP contribution in [0.5, 0.6) is 0 Å². The van der Waals surface area contributed by atoms with E-state index in [2.05, 4.69) is 47.2 Å². The van der Waals surface area contributed by atoms with Gasteiger partial charge in [0.1, 0.15) is 11.2 Å². The molecule has 0 aliphatic carbocycles. The highest BCUT2D eigenvalue weighted by Crippen LogP contribution is 2.31. The van der Waals surface area contributed by atoms with Gasteiger partial charge in [0.25, 0.3) is 0 Å². The van der Waals surface area contributed by atoms with Crippen LogP contribution in [0, 0.1) is 27.3 Å². The number of aryl methyl sites for hydroxylation is 1. The molecule has 0 fully saturated rings. The molecule has 1 aromatic heterocycles. The summed E-state index contributed by atoms with van der Waals surface area (Å²) in [7, 11) is 0. The number of benzene rings is 2. The number of hydrogen-bond donors (Lipinski definition) is 0. The van der Waals surface area contributed by atoms with Crippen LogP contribution >= 0.6 is 0 Å². The van der Waals surface area contributed by atoms with Crippen molar-refractivity contribution >= 4 is 16.6 Å².